The van der Waals surface area contributed by atoms with Gasteiger partial charge in [-0.3, -0.25) is 9.69 Å². The van der Waals surface area contributed by atoms with Crippen molar-refractivity contribution >= 4 is 30.0 Å². The zero-order valence-corrected chi connectivity index (χ0v) is 19.9. The van der Waals surface area contributed by atoms with E-state index >= 15 is 0 Å². The van der Waals surface area contributed by atoms with E-state index in [1.165, 1.54) is 6.92 Å². The van der Waals surface area contributed by atoms with Gasteiger partial charge in [0.25, 0.3) is 0 Å². The first-order chi connectivity index (χ1) is 16.0. The Morgan fingerprint density at radius 3 is 2.26 bits per heavy atom. The van der Waals surface area contributed by atoms with Gasteiger partial charge in [0.1, 0.15) is 18.2 Å². The fraction of sp³-hybridized carbons (Fsp3) is 0.522. The van der Waals surface area contributed by atoms with Gasteiger partial charge >= 0.3 is 30.0 Å². The minimum atomic E-state index is -1.26. The van der Waals surface area contributed by atoms with Crippen LogP contribution in [0.4, 0.5) is 9.59 Å². The fourth-order valence-corrected chi connectivity index (χ4v) is 3.36. The minimum Gasteiger partial charge on any atom is -0.467 e. The summed E-state index contributed by atoms with van der Waals surface area (Å²) in [6.45, 7) is 5.89. The monoisotopic (exact) mass is 478 g/mol. The largest absolute Gasteiger partial charge is 0.467 e. The van der Waals surface area contributed by atoms with E-state index in [-0.39, 0.29) is 26.2 Å². The third-order valence-electron chi connectivity index (χ3n) is 4.82. The van der Waals surface area contributed by atoms with Gasteiger partial charge in [-0.25, -0.2) is 24.1 Å². The molecule has 11 heteroatoms. The Hall–Kier alpha value is -3.63. The Kier molecular flexibility index (Phi) is 8.99. The van der Waals surface area contributed by atoms with Crippen LogP contribution in [-0.4, -0.2) is 77.8 Å². The molecule has 1 aromatic rings. The van der Waals surface area contributed by atoms with Crippen LogP contribution in [0, 0.1) is 0 Å². The number of carbonyl (C=O) groups is 5. The number of rotatable bonds is 5. The van der Waals surface area contributed by atoms with Crippen LogP contribution in [0.5, 0.6) is 0 Å². The topological polar surface area (TPSA) is 129 Å². The lowest BCUT2D eigenvalue weighted by Crippen LogP contribution is -2.51. The van der Waals surface area contributed by atoms with E-state index < -0.39 is 47.7 Å². The van der Waals surface area contributed by atoms with Gasteiger partial charge in [-0.05, 0) is 33.3 Å². The van der Waals surface area contributed by atoms with Crippen LogP contribution in [0.15, 0.2) is 30.3 Å². The highest BCUT2D eigenvalue weighted by Crippen LogP contribution is 2.26. The Morgan fingerprint density at radius 1 is 1.06 bits per heavy atom. The van der Waals surface area contributed by atoms with Crippen molar-refractivity contribution in [2.24, 2.45) is 0 Å². The van der Waals surface area contributed by atoms with Gasteiger partial charge in [0.2, 0.25) is 0 Å². The summed E-state index contributed by atoms with van der Waals surface area (Å²) in [5.41, 5.74) is -0.243. The van der Waals surface area contributed by atoms with E-state index in [1.54, 1.807) is 45.0 Å². The molecule has 2 rings (SSSR count). The highest BCUT2D eigenvalue weighted by Gasteiger charge is 2.48. The van der Waals surface area contributed by atoms with Crippen molar-refractivity contribution in [2.75, 3.05) is 20.3 Å². The summed E-state index contributed by atoms with van der Waals surface area (Å²) in [5, 5.41) is 0. The van der Waals surface area contributed by atoms with Gasteiger partial charge in [-0.2, -0.15) is 0 Å². The molecule has 0 radical (unpaired) electrons. The summed E-state index contributed by atoms with van der Waals surface area (Å²) < 4.78 is 20.2. The summed E-state index contributed by atoms with van der Waals surface area (Å²) in [6, 6.07) is 6.71. The molecule has 1 aromatic carbocycles. The third-order valence-corrected chi connectivity index (χ3v) is 4.82. The second-order valence-electron chi connectivity index (χ2n) is 8.50. The molecule has 0 bridgehead atoms. The van der Waals surface area contributed by atoms with E-state index in [1.807, 2.05) is 6.07 Å². The number of benzene rings is 1. The van der Waals surface area contributed by atoms with Crippen molar-refractivity contribution in [1.82, 2.24) is 9.80 Å². The Labute approximate surface area is 197 Å². The maximum atomic E-state index is 12.9. The average molecular weight is 478 g/mol. The summed E-state index contributed by atoms with van der Waals surface area (Å²) in [6.07, 6.45) is -2.11. The highest BCUT2D eigenvalue weighted by molar-refractivity contribution is 6.35. The molecule has 0 saturated carbocycles. The maximum absolute atomic E-state index is 12.9. The molecule has 0 N–H and O–H groups in total. The number of carbonyl (C=O) groups excluding carboxylic acids is 5. The molecule has 34 heavy (non-hydrogen) atoms. The molecule has 1 heterocycles. The van der Waals surface area contributed by atoms with Crippen LogP contribution in [0.1, 0.15) is 39.7 Å². The minimum absolute atomic E-state index is 0.0493. The number of esters is 2. The van der Waals surface area contributed by atoms with Crippen molar-refractivity contribution in [3.8, 4) is 0 Å². The number of imide groups is 1. The molecule has 0 spiro atoms. The molecule has 1 aliphatic heterocycles. The number of hydrogen-bond donors (Lipinski definition) is 0. The summed E-state index contributed by atoms with van der Waals surface area (Å²) in [4.78, 5) is 64.6. The van der Waals surface area contributed by atoms with Gasteiger partial charge in [0.15, 0.2) is 0 Å². The van der Waals surface area contributed by atoms with Gasteiger partial charge in [0.05, 0.1) is 19.8 Å². The maximum Gasteiger partial charge on any atom is 0.417 e. The average Bonchev–Trinajstić information content (AvgIpc) is 3.21. The molecule has 0 aliphatic carbocycles. The van der Waals surface area contributed by atoms with Gasteiger partial charge in [0, 0.05) is 13.0 Å². The zero-order valence-electron chi connectivity index (χ0n) is 19.9. The summed E-state index contributed by atoms with van der Waals surface area (Å²) >= 11 is 0. The zero-order chi connectivity index (χ0) is 25.5. The molecule has 1 aliphatic rings. The van der Waals surface area contributed by atoms with Gasteiger partial charge < -0.3 is 18.9 Å². The van der Waals surface area contributed by atoms with Crippen LogP contribution in [0.3, 0.4) is 0 Å². The van der Waals surface area contributed by atoms with E-state index in [4.69, 9.17) is 18.9 Å². The quantitative estimate of drug-likeness (QED) is 0.355. The predicted molar refractivity (Wildman–Crippen MR) is 117 cm³/mol. The first kappa shape index (κ1) is 26.6. The molecular weight excluding hydrogens is 448 g/mol. The molecule has 3 amide bonds. The normalized spacial score (nSPS) is 17.5. The molecule has 186 valence electrons. The SMILES string of the molecule is CCOC(=O)C(=O)N(C(=O)OC(C)(C)C)[C@@H]1C[C@@H](C(=O)OC)N(C(=O)OCc2ccccc2)C1. The smallest absolute Gasteiger partial charge is 0.417 e. The van der Waals surface area contributed by atoms with Crippen molar-refractivity contribution in [3.63, 3.8) is 0 Å². The van der Waals surface area contributed by atoms with Gasteiger partial charge in [-0.1, -0.05) is 30.3 Å². The lowest BCUT2D eigenvalue weighted by Gasteiger charge is -2.29. The van der Waals surface area contributed by atoms with Crippen molar-refractivity contribution in [3.05, 3.63) is 35.9 Å². The summed E-state index contributed by atoms with van der Waals surface area (Å²) in [7, 11) is 1.15. The van der Waals surface area contributed by atoms with Crippen LogP contribution in [-0.2, 0) is 39.9 Å². The molecule has 2 atom stereocenters. The lowest BCUT2D eigenvalue weighted by atomic mass is 10.1. The molecule has 0 unspecified atom stereocenters. The van der Waals surface area contributed by atoms with E-state index in [0.717, 1.165) is 17.6 Å². The Morgan fingerprint density at radius 2 is 1.71 bits per heavy atom. The number of likely N-dealkylation sites (tertiary alicyclic amines) is 1. The molecule has 0 aromatic heterocycles. The van der Waals surface area contributed by atoms with Crippen molar-refractivity contribution < 1.29 is 42.9 Å². The lowest BCUT2D eigenvalue weighted by molar-refractivity contribution is -0.160. The number of amides is 3. The van der Waals surface area contributed by atoms with E-state index in [2.05, 4.69) is 0 Å². The molecule has 1 fully saturated rings. The second-order valence-corrected chi connectivity index (χ2v) is 8.50. The van der Waals surface area contributed by atoms with Crippen molar-refractivity contribution in [1.29, 1.82) is 0 Å². The van der Waals surface area contributed by atoms with E-state index in [0.29, 0.717) is 4.90 Å². The Bertz CT molecular complexity index is 911. The third kappa shape index (κ3) is 6.93. The van der Waals surface area contributed by atoms with Gasteiger partial charge in [-0.15, -0.1) is 0 Å². The molecular formula is C23H30N2O9. The summed E-state index contributed by atoms with van der Waals surface area (Å²) in [5.74, 6) is -3.27. The molecule has 11 nitrogen and oxygen atoms in total. The van der Waals surface area contributed by atoms with Crippen LogP contribution in [0.25, 0.3) is 0 Å². The van der Waals surface area contributed by atoms with Crippen molar-refractivity contribution in [2.45, 2.75) is 58.4 Å². The van der Waals surface area contributed by atoms with Crippen LogP contribution < -0.4 is 0 Å². The predicted octanol–water partition coefficient (Wildman–Crippen LogP) is 2.27. The number of ether oxygens (including phenoxy) is 4. The highest BCUT2D eigenvalue weighted by atomic mass is 16.6. The van der Waals surface area contributed by atoms with Crippen LogP contribution >= 0.6 is 0 Å². The standard InChI is InChI=1S/C23H30N2O9/c1-6-32-20(28)18(26)25(22(30)34-23(2,3)4)16-12-17(19(27)31-5)24(13-16)21(29)33-14-15-10-8-7-9-11-15/h7-11,16-17H,6,12-14H2,1-5H3/t16-,17+/m1/s1. The first-order valence-corrected chi connectivity index (χ1v) is 10.8. The molecule has 1 saturated heterocycles. The number of nitrogens with zero attached hydrogens (tertiary/aromatic N) is 2. The Balaban J connectivity index is 2.28. The fourth-order valence-electron chi connectivity index (χ4n) is 3.36. The van der Waals surface area contributed by atoms with E-state index in [9.17, 15) is 24.0 Å². The number of hydrogen-bond acceptors (Lipinski definition) is 9. The number of methoxy groups -OCH3 is 1. The first-order valence-electron chi connectivity index (χ1n) is 10.8. The van der Waals surface area contributed by atoms with Crippen LogP contribution in [0.2, 0.25) is 0 Å². The second kappa shape index (κ2) is 11.5.